The molecule has 0 heterocycles. The molecule has 0 saturated carbocycles. The van der Waals surface area contributed by atoms with Crippen LogP contribution in [0.1, 0.15) is 38.3 Å². The number of methoxy groups -OCH3 is 1. The van der Waals surface area contributed by atoms with Crippen LogP contribution in [0.3, 0.4) is 0 Å². The largest absolute Gasteiger partial charge is 0.497 e. The van der Waals surface area contributed by atoms with Gasteiger partial charge in [0.25, 0.3) is 10.0 Å². The van der Waals surface area contributed by atoms with Crippen LogP contribution in [0.4, 0.5) is 5.69 Å². The Kier molecular flexibility index (Phi) is 11.2. The first-order valence-electron chi connectivity index (χ1n) is 13.5. The van der Waals surface area contributed by atoms with E-state index in [1.54, 1.807) is 43.5 Å². The lowest BCUT2D eigenvalue weighted by atomic mass is 10.1. The summed E-state index contributed by atoms with van der Waals surface area (Å²) >= 11 is 6.01. The van der Waals surface area contributed by atoms with Gasteiger partial charge < -0.3 is 15.0 Å². The van der Waals surface area contributed by atoms with Crippen molar-refractivity contribution in [2.24, 2.45) is 5.92 Å². The summed E-state index contributed by atoms with van der Waals surface area (Å²) in [6, 6.07) is 19.2. The quantitative estimate of drug-likeness (QED) is 0.283. The minimum atomic E-state index is -4.17. The fourth-order valence-electron chi connectivity index (χ4n) is 4.36. The van der Waals surface area contributed by atoms with Crippen LogP contribution in [0.25, 0.3) is 0 Å². The number of nitrogens with zero attached hydrogens (tertiary/aromatic N) is 2. The molecule has 0 unspecified atom stereocenters. The van der Waals surface area contributed by atoms with Gasteiger partial charge in [-0.1, -0.05) is 56.6 Å². The van der Waals surface area contributed by atoms with E-state index in [-0.39, 0.29) is 23.3 Å². The summed E-state index contributed by atoms with van der Waals surface area (Å²) in [5.41, 5.74) is 1.92. The van der Waals surface area contributed by atoms with Crippen molar-refractivity contribution in [1.82, 2.24) is 10.2 Å². The second-order valence-corrected chi connectivity index (χ2v) is 12.5. The van der Waals surface area contributed by atoms with Gasteiger partial charge in [-0.3, -0.25) is 13.9 Å². The van der Waals surface area contributed by atoms with Crippen LogP contribution in [0.2, 0.25) is 5.02 Å². The van der Waals surface area contributed by atoms with Crippen LogP contribution in [0.5, 0.6) is 5.75 Å². The molecule has 0 aliphatic carbocycles. The number of carbonyl (C=O) groups excluding carboxylic acids is 2. The van der Waals surface area contributed by atoms with Crippen molar-refractivity contribution < 1.29 is 22.7 Å². The first-order chi connectivity index (χ1) is 19.5. The minimum absolute atomic E-state index is 0.00253. The lowest BCUT2D eigenvalue weighted by Crippen LogP contribution is -2.52. The number of hydrogen-bond donors (Lipinski definition) is 1. The van der Waals surface area contributed by atoms with Crippen molar-refractivity contribution in [3.05, 3.63) is 88.9 Å². The number of ether oxygens (including phenoxy) is 1. The van der Waals surface area contributed by atoms with Gasteiger partial charge in [-0.25, -0.2) is 8.42 Å². The van der Waals surface area contributed by atoms with Crippen LogP contribution in [0.15, 0.2) is 77.7 Å². The van der Waals surface area contributed by atoms with E-state index in [1.807, 2.05) is 39.8 Å². The molecule has 0 aliphatic heterocycles. The number of benzene rings is 3. The second kappa shape index (κ2) is 14.4. The smallest absolute Gasteiger partial charge is 0.264 e. The van der Waals surface area contributed by atoms with Crippen LogP contribution < -0.4 is 14.4 Å². The lowest BCUT2D eigenvalue weighted by Gasteiger charge is -2.33. The van der Waals surface area contributed by atoms with E-state index in [0.717, 1.165) is 15.4 Å². The molecular formula is C31H38ClN3O5S. The Morgan fingerprint density at radius 3 is 2.29 bits per heavy atom. The number of anilines is 1. The number of nitrogens with one attached hydrogen (secondary N) is 1. The summed E-state index contributed by atoms with van der Waals surface area (Å²) in [5, 5.41) is 3.32. The molecule has 0 spiro atoms. The van der Waals surface area contributed by atoms with E-state index in [1.165, 1.54) is 29.2 Å². The van der Waals surface area contributed by atoms with Crippen molar-refractivity contribution >= 4 is 39.1 Å². The minimum Gasteiger partial charge on any atom is -0.497 e. The zero-order valence-electron chi connectivity index (χ0n) is 24.1. The number of amides is 2. The molecule has 8 nitrogen and oxygen atoms in total. The topological polar surface area (TPSA) is 96.0 Å². The molecule has 41 heavy (non-hydrogen) atoms. The summed E-state index contributed by atoms with van der Waals surface area (Å²) < 4.78 is 34.3. The normalized spacial score (nSPS) is 12.1. The average Bonchev–Trinajstić information content (AvgIpc) is 2.94. The van der Waals surface area contributed by atoms with E-state index in [0.29, 0.717) is 29.4 Å². The molecule has 1 atom stereocenters. The molecule has 10 heteroatoms. The molecule has 3 rings (SSSR count). The van der Waals surface area contributed by atoms with E-state index >= 15 is 0 Å². The zero-order valence-corrected chi connectivity index (χ0v) is 25.7. The maximum absolute atomic E-state index is 14.1. The molecule has 0 aromatic heterocycles. The summed E-state index contributed by atoms with van der Waals surface area (Å²) in [4.78, 5) is 28.9. The fraction of sp³-hybridized carbons (Fsp3) is 0.355. The predicted molar refractivity (Wildman–Crippen MR) is 163 cm³/mol. The van der Waals surface area contributed by atoms with E-state index in [4.69, 9.17) is 16.3 Å². The molecule has 0 aliphatic rings. The Hall–Kier alpha value is -3.56. The highest BCUT2D eigenvalue weighted by Crippen LogP contribution is 2.27. The summed E-state index contributed by atoms with van der Waals surface area (Å²) in [7, 11) is -2.61. The SMILES string of the molecule is CC[C@@H](C(=O)NCC(C)C)N(Cc1cccc(OC)c1)C(=O)CN(c1cccc(C)c1)S(=O)(=O)c1ccc(Cl)cc1. The third-order valence-corrected chi connectivity index (χ3v) is 8.57. The van der Waals surface area contributed by atoms with Gasteiger partial charge in [0.15, 0.2) is 0 Å². The third-order valence-electron chi connectivity index (χ3n) is 6.53. The summed E-state index contributed by atoms with van der Waals surface area (Å²) in [5.74, 6) is 0.0257. The Labute approximate surface area is 248 Å². The number of sulfonamides is 1. The van der Waals surface area contributed by atoms with Crippen LogP contribution in [0, 0.1) is 12.8 Å². The van der Waals surface area contributed by atoms with Crippen LogP contribution in [-0.4, -0.2) is 51.4 Å². The van der Waals surface area contributed by atoms with Crippen molar-refractivity contribution in [2.45, 2.75) is 51.6 Å². The molecule has 0 fully saturated rings. The van der Waals surface area contributed by atoms with Crippen LogP contribution in [-0.2, 0) is 26.2 Å². The number of rotatable bonds is 13. The van der Waals surface area contributed by atoms with Crippen molar-refractivity contribution in [3.8, 4) is 5.75 Å². The Bertz CT molecular complexity index is 1440. The van der Waals surface area contributed by atoms with Gasteiger partial charge in [0.05, 0.1) is 17.7 Å². The molecule has 3 aromatic rings. The van der Waals surface area contributed by atoms with Gasteiger partial charge >= 0.3 is 0 Å². The maximum atomic E-state index is 14.1. The summed E-state index contributed by atoms with van der Waals surface area (Å²) in [6.07, 6.45) is 0.341. The molecule has 3 aromatic carbocycles. The van der Waals surface area contributed by atoms with Gasteiger partial charge in [-0.15, -0.1) is 0 Å². The molecule has 220 valence electrons. The predicted octanol–water partition coefficient (Wildman–Crippen LogP) is 5.43. The third kappa shape index (κ3) is 8.47. The Morgan fingerprint density at radius 1 is 1.00 bits per heavy atom. The molecule has 0 saturated heterocycles. The van der Waals surface area contributed by atoms with E-state index in [2.05, 4.69) is 5.32 Å². The Balaban J connectivity index is 2.06. The number of hydrogen-bond acceptors (Lipinski definition) is 5. The molecule has 0 radical (unpaired) electrons. The van der Waals surface area contributed by atoms with Crippen molar-refractivity contribution in [2.75, 3.05) is 24.5 Å². The van der Waals surface area contributed by atoms with Crippen molar-refractivity contribution in [1.29, 1.82) is 0 Å². The molecule has 1 N–H and O–H groups in total. The fourth-order valence-corrected chi connectivity index (χ4v) is 5.89. The van der Waals surface area contributed by atoms with Gasteiger partial charge in [0.2, 0.25) is 11.8 Å². The van der Waals surface area contributed by atoms with E-state index in [9.17, 15) is 18.0 Å². The first kappa shape index (κ1) is 32.0. The van der Waals surface area contributed by atoms with Gasteiger partial charge in [0.1, 0.15) is 18.3 Å². The second-order valence-electron chi connectivity index (χ2n) is 10.2. The van der Waals surface area contributed by atoms with Crippen LogP contribution >= 0.6 is 11.6 Å². The number of aryl methyl sites for hydroxylation is 1. The summed E-state index contributed by atoms with van der Waals surface area (Å²) in [6.45, 7) is 7.69. The lowest BCUT2D eigenvalue weighted by molar-refractivity contribution is -0.140. The van der Waals surface area contributed by atoms with Crippen molar-refractivity contribution in [3.63, 3.8) is 0 Å². The van der Waals surface area contributed by atoms with Gasteiger partial charge in [-0.2, -0.15) is 0 Å². The monoisotopic (exact) mass is 599 g/mol. The number of carbonyl (C=O) groups is 2. The van der Waals surface area contributed by atoms with Gasteiger partial charge in [-0.05, 0) is 78.9 Å². The molecule has 0 bridgehead atoms. The molecular weight excluding hydrogens is 562 g/mol. The number of halogens is 1. The highest BCUT2D eigenvalue weighted by molar-refractivity contribution is 7.92. The van der Waals surface area contributed by atoms with Gasteiger partial charge in [0, 0.05) is 18.1 Å². The highest BCUT2D eigenvalue weighted by atomic mass is 35.5. The maximum Gasteiger partial charge on any atom is 0.264 e. The average molecular weight is 600 g/mol. The Morgan fingerprint density at radius 2 is 1.68 bits per heavy atom. The highest BCUT2D eigenvalue weighted by Gasteiger charge is 2.33. The first-order valence-corrected chi connectivity index (χ1v) is 15.3. The zero-order chi connectivity index (χ0) is 30.2. The molecule has 2 amide bonds. The van der Waals surface area contributed by atoms with E-state index < -0.39 is 28.5 Å². The standard InChI is InChI=1S/C31H38ClN3O5S/c1-6-29(31(37)33-19-22(2)3)34(20-24-10-8-12-27(18-24)40-5)30(36)21-35(26-11-7-9-23(4)17-26)41(38,39)28-15-13-25(32)14-16-28/h7-18,22,29H,6,19-21H2,1-5H3,(H,33,37)/t29-/m0/s1.